The molecule has 0 saturated carbocycles. The molecule has 32 heavy (non-hydrogen) atoms. The summed E-state index contributed by atoms with van der Waals surface area (Å²) in [5.41, 5.74) is 2.35. The summed E-state index contributed by atoms with van der Waals surface area (Å²) in [4.78, 5) is 4.51. The maximum Gasteiger partial charge on any atom is 0.387 e. The fraction of sp³-hybridized carbons (Fsp3) is 0.273. The van der Waals surface area contributed by atoms with Crippen LogP contribution in [0.25, 0.3) is 5.69 Å². The van der Waals surface area contributed by atoms with Gasteiger partial charge in [0.1, 0.15) is 5.75 Å². The van der Waals surface area contributed by atoms with E-state index in [2.05, 4.69) is 25.5 Å². The van der Waals surface area contributed by atoms with Crippen LogP contribution in [-0.4, -0.2) is 40.5 Å². The van der Waals surface area contributed by atoms with Crippen molar-refractivity contribution in [1.82, 2.24) is 20.4 Å². The second kappa shape index (κ2) is 13.0. The zero-order valence-electron chi connectivity index (χ0n) is 17.5. The number of halogens is 3. The maximum absolute atomic E-state index is 12.2. The molecule has 172 valence electrons. The lowest BCUT2D eigenvalue weighted by Gasteiger charge is -2.16. The highest BCUT2D eigenvalue weighted by Crippen LogP contribution is 2.19. The molecule has 2 aromatic carbocycles. The maximum atomic E-state index is 12.2. The molecule has 0 aliphatic carbocycles. The van der Waals surface area contributed by atoms with Gasteiger partial charge in [-0.3, -0.25) is 0 Å². The molecule has 0 saturated heterocycles. The van der Waals surface area contributed by atoms with Crippen molar-refractivity contribution in [1.29, 1.82) is 0 Å². The Bertz CT molecular complexity index is 968. The van der Waals surface area contributed by atoms with Crippen molar-refractivity contribution in [3.05, 3.63) is 78.1 Å². The van der Waals surface area contributed by atoms with E-state index in [9.17, 15) is 13.9 Å². The molecule has 7 nitrogen and oxygen atoms in total. The summed E-state index contributed by atoms with van der Waals surface area (Å²) in [7, 11) is 0. The molecular weight excluding hydrogens is 531 g/mol. The number of aromatic nitrogens is 2. The minimum Gasteiger partial charge on any atom is -0.435 e. The van der Waals surface area contributed by atoms with Crippen LogP contribution >= 0.6 is 24.0 Å². The van der Waals surface area contributed by atoms with E-state index >= 15 is 0 Å². The van der Waals surface area contributed by atoms with E-state index < -0.39 is 12.7 Å². The molecule has 1 heterocycles. The molecule has 0 amide bonds. The molecule has 0 radical (unpaired) electrons. The summed E-state index contributed by atoms with van der Waals surface area (Å²) in [6.07, 6.45) is 1.04. The van der Waals surface area contributed by atoms with Gasteiger partial charge in [-0.25, -0.2) is 9.67 Å². The first-order valence-corrected chi connectivity index (χ1v) is 9.90. The Morgan fingerprint density at radius 3 is 2.47 bits per heavy atom. The number of benzene rings is 2. The Labute approximate surface area is 202 Å². The van der Waals surface area contributed by atoms with Crippen molar-refractivity contribution in [2.75, 3.05) is 13.1 Å². The number of alkyl halides is 2. The largest absolute Gasteiger partial charge is 0.435 e. The van der Waals surface area contributed by atoms with Crippen molar-refractivity contribution in [2.45, 2.75) is 26.2 Å². The second-order valence-electron chi connectivity index (χ2n) is 6.63. The molecular formula is C22H26F2IN5O2. The smallest absolute Gasteiger partial charge is 0.387 e. The number of hydrogen-bond donors (Lipinski definition) is 3. The number of nitrogens with one attached hydrogen (secondary N) is 2. The van der Waals surface area contributed by atoms with Gasteiger partial charge in [-0.15, -0.1) is 24.0 Å². The minimum absolute atomic E-state index is 0. The molecule has 3 rings (SSSR count). The topological polar surface area (TPSA) is 83.7 Å². The van der Waals surface area contributed by atoms with Gasteiger partial charge >= 0.3 is 6.61 Å². The first kappa shape index (κ1) is 25.5. The van der Waals surface area contributed by atoms with Crippen LogP contribution in [0.2, 0.25) is 0 Å². The standard InChI is InChI=1S/C22H25F2N5O2.HI/c1-2-25-22(26-14-17-12-13-29(28-17)18-6-4-3-5-7-18)27-15-20(30)16-8-10-19(11-9-16)31-21(23)24;/h3-13,20-21,30H,2,14-15H2,1H3,(H2,25,26,27);1H. The first-order valence-electron chi connectivity index (χ1n) is 9.90. The lowest BCUT2D eigenvalue weighted by atomic mass is 10.1. The Kier molecular flexibility index (Phi) is 10.3. The third-order valence-electron chi connectivity index (χ3n) is 4.36. The number of ether oxygens (including phenoxy) is 1. The molecule has 1 atom stereocenters. The minimum atomic E-state index is -2.88. The fourth-order valence-electron chi connectivity index (χ4n) is 2.85. The molecule has 0 aliphatic rings. The van der Waals surface area contributed by atoms with Crippen LogP contribution in [0.5, 0.6) is 5.75 Å². The number of aliphatic imine (C=N–C) groups is 1. The summed E-state index contributed by atoms with van der Waals surface area (Å²) in [5, 5.41) is 21.1. The summed E-state index contributed by atoms with van der Waals surface area (Å²) >= 11 is 0. The lowest BCUT2D eigenvalue weighted by molar-refractivity contribution is -0.0498. The summed E-state index contributed by atoms with van der Waals surface area (Å²) in [6, 6.07) is 17.6. The van der Waals surface area contributed by atoms with E-state index in [1.165, 1.54) is 12.1 Å². The monoisotopic (exact) mass is 557 g/mol. The predicted octanol–water partition coefficient (Wildman–Crippen LogP) is 3.88. The molecule has 3 N–H and O–H groups in total. The molecule has 1 aromatic heterocycles. The Morgan fingerprint density at radius 2 is 1.81 bits per heavy atom. The highest BCUT2D eigenvalue weighted by atomic mass is 127. The summed E-state index contributed by atoms with van der Waals surface area (Å²) < 4.78 is 30.6. The van der Waals surface area contributed by atoms with E-state index in [0.29, 0.717) is 24.6 Å². The van der Waals surface area contributed by atoms with Crippen LogP contribution < -0.4 is 15.4 Å². The number of guanidine groups is 1. The number of nitrogens with zero attached hydrogens (tertiary/aromatic N) is 3. The van der Waals surface area contributed by atoms with Crippen LogP contribution in [0.3, 0.4) is 0 Å². The highest BCUT2D eigenvalue weighted by molar-refractivity contribution is 14.0. The number of aliphatic hydroxyl groups is 1. The van der Waals surface area contributed by atoms with Crippen LogP contribution in [0, 0.1) is 0 Å². The normalized spacial score (nSPS) is 12.2. The van der Waals surface area contributed by atoms with Crippen molar-refractivity contribution in [2.24, 2.45) is 4.99 Å². The Balaban J connectivity index is 0.00000363. The molecule has 10 heteroatoms. The van der Waals surface area contributed by atoms with Gasteiger partial charge in [-0.05, 0) is 42.8 Å². The van der Waals surface area contributed by atoms with E-state index in [1.54, 1.807) is 16.8 Å². The van der Waals surface area contributed by atoms with Gasteiger partial charge in [0, 0.05) is 19.3 Å². The van der Waals surface area contributed by atoms with Gasteiger partial charge in [0.05, 0.1) is 24.0 Å². The molecule has 0 bridgehead atoms. The van der Waals surface area contributed by atoms with Gasteiger partial charge < -0.3 is 20.5 Å². The van der Waals surface area contributed by atoms with Crippen molar-refractivity contribution >= 4 is 29.9 Å². The Morgan fingerprint density at radius 1 is 1.09 bits per heavy atom. The summed E-state index contributed by atoms with van der Waals surface area (Å²) in [6.45, 7) is 0.277. The van der Waals surface area contributed by atoms with Gasteiger partial charge in [-0.1, -0.05) is 30.3 Å². The number of hydrogen-bond acceptors (Lipinski definition) is 4. The van der Waals surface area contributed by atoms with Gasteiger partial charge in [0.25, 0.3) is 0 Å². The van der Waals surface area contributed by atoms with Gasteiger partial charge in [-0.2, -0.15) is 13.9 Å². The fourth-order valence-corrected chi connectivity index (χ4v) is 2.85. The van der Waals surface area contributed by atoms with Crippen LogP contribution in [0.15, 0.2) is 71.9 Å². The second-order valence-corrected chi connectivity index (χ2v) is 6.63. The SMILES string of the molecule is CCNC(=NCc1ccn(-c2ccccc2)n1)NCC(O)c1ccc(OC(F)F)cc1.I. The number of rotatable bonds is 9. The number of aliphatic hydroxyl groups excluding tert-OH is 1. The van der Waals surface area contributed by atoms with E-state index in [4.69, 9.17) is 0 Å². The van der Waals surface area contributed by atoms with Crippen LogP contribution in [0.1, 0.15) is 24.3 Å². The molecule has 1 unspecified atom stereocenters. The van der Waals surface area contributed by atoms with E-state index in [-0.39, 0.29) is 36.3 Å². The first-order chi connectivity index (χ1) is 15.0. The van der Waals surface area contributed by atoms with Crippen LogP contribution in [-0.2, 0) is 6.54 Å². The van der Waals surface area contributed by atoms with E-state index in [1.807, 2.05) is 49.5 Å². The lowest BCUT2D eigenvalue weighted by Crippen LogP contribution is -2.39. The predicted molar refractivity (Wildman–Crippen MR) is 130 cm³/mol. The van der Waals surface area contributed by atoms with Crippen LogP contribution in [0.4, 0.5) is 8.78 Å². The molecule has 3 aromatic rings. The zero-order valence-corrected chi connectivity index (χ0v) is 19.8. The van der Waals surface area contributed by atoms with Gasteiger partial charge in [0.15, 0.2) is 5.96 Å². The zero-order chi connectivity index (χ0) is 22.1. The molecule has 0 fully saturated rings. The molecule has 0 aliphatic heterocycles. The van der Waals surface area contributed by atoms with E-state index in [0.717, 1.165) is 11.4 Å². The Hall–Kier alpha value is -2.73. The highest BCUT2D eigenvalue weighted by Gasteiger charge is 2.10. The third kappa shape index (κ3) is 7.75. The van der Waals surface area contributed by atoms with Gasteiger partial charge in [0.2, 0.25) is 0 Å². The average molecular weight is 557 g/mol. The quantitative estimate of drug-likeness (QED) is 0.212. The van der Waals surface area contributed by atoms with Crippen molar-refractivity contribution in [3.63, 3.8) is 0 Å². The molecule has 0 spiro atoms. The average Bonchev–Trinajstić information content (AvgIpc) is 3.25. The summed E-state index contributed by atoms with van der Waals surface area (Å²) in [5.74, 6) is 0.581. The third-order valence-corrected chi connectivity index (χ3v) is 4.36. The van der Waals surface area contributed by atoms with Crippen molar-refractivity contribution < 1.29 is 18.6 Å². The van der Waals surface area contributed by atoms with Crippen molar-refractivity contribution in [3.8, 4) is 11.4 Å². The number of para-hydroxylation sites is 1.